The lowest BCUT2D eigenvalue weighted by Gasteiger charge is -2.15. The van der Waals surface area contributed by atoms with E-state index in [1.165, 1.54) is 0 Å². The van der Waals surface area contributed by atoms with Gasteiger partial charge in [-0.3, -0.25) is 4.79 Å². The first-order chi connectivity index (χ1) is 7.90. The molecule has 1 amide bonds. The second-order valence-corrected chi connectivity index (χ2v) is 5.12. The molecule has 0 aliphatic heterocycles. The van der Waals surface area contributed by atoms with Crippen molar-refractivity contribution in [3.8, 4) is 0 Å². The van der Waals surface area contributed by atoms with Gasteiger partial charge in [-0.25, -0.2) is 0 Å². The van der Waals surface area contributed by atoms with Crippen LogP contribution in [0.1, 0.15) is 25.8 Å². The van der Waals surface area contributed by atoms with Crippen LogP contribution in [-0.4, -0.2) is 11.9 Å². The maximum atomic E-state index is 11.8. The highest BCUT2D eigenvalue weighted by molar-refractivity contribution is 6.31. The molecule has 0 bridgehead atoms. The van der Waals surface area contributed by atoms with E-state index >= 15 is 0 Å². The maximum absolute atomic E-state index is 11.8. The van der Waals surface area contributed by atoms with E-state index in [2.05, 4.69) is 5.32 Å². The van der Waals surface area contributed by atoms with Crippen LogP contribution in [0.5, 0.6) is 0 Å². The van der Waals surface area contributed by atoms with Gasteiger partial charge in [0.25, 0.3) is 0 Å². The lowest BCUT2D eigenvalue weighted by Crippen LogP contribution is -2.36. The van der Waals surface area contributed by atoms with E-state index < -0.39 is 6.04 Å². The molecule has 0 fully saturated rings. The summed E-state index contributed by atoms with van der Waals surface area (Å²) in [6.45, 7) is 6.00. The summed E-state index contributed by atoms with van der Waals surface area (Å²) in [5.41, 5.74) is 7.50. The molecule has 3 N–H and O–H groups in total. The number of anilines is 1. The summed E-state index contributed by atoms with van der Waals surface area (Å²) >= 11 is 5.88. The van der Waals surface area contributed by atoms with Gasteiger partial charge in [-0.15, -0.1) is 0 Å². The van der Waals surface area contributed by atoms with Crippen molar-refractivity contribution >= 4 is 23.2 Å². The van der Waals surface area contributed by atoms with Gasteiger partial charge in [-0.2, -0.15) is 0 Å². The number of halogens is 1. The summed E-state index contributed by atoms with van der Waals surface area (Å²) < 4.78 is 0. The predicted octanol–water partition coefficient (Wildman–Crippen LogP) is 2.96. The Morgan fingerprint density at radius 1 is 1.47 bits per heavy atom. The highest BCUT2D eigenvalue weighted by Crippen LogP contribution is 2.20. The monoisotopic (exact) mass is 254 g/mol. The fraction of sp³-hybridized carbons (Fsp3) is 0.462. The Hall–Kier alpha value is -1.06. The van der Waals surface area contributed by atoms with Crippen molar-refractivity contribution in [2.24, 2.45) is 11.7 Å². The molecule has 0 saturated heterocycles. The number of nitrogens with one attached hydrogen (secondary N) is 1. The molecular weight excluding hydrogens is 236 g/mol. The van der Waals surface area contributed by atoms with E-state index in [4.69, 9.17) is 17.3 Å². The molecule has 0 spiro atoms. The third-order valence-electron chi connectivity index (χ3n) is 2.52. The Bertz CT molecular complexity index is 404. The van der Waals surface area contributed by atoms with Crippen LogP contribution in [0.3, 0.4) is 0 Å². The minimum absolute atomic E-state index is 0.163. The molecule has 0 saturated carbocycles. The van der Waals surface area contributed by atoms with Crippen LogP contribution in [-0.2, 0) is 4.79 Å². The molecule has 0 aliphatic carbocycles. The van der Waals surface area contributed by atoms with E-state index in [1.807, 2.05) is 26.8 Å². The molecule has 0 aromatic heterocycles. The molecular formula is C13H19ClN2O. The molecule has 94 valence electrons. The zero-order chi connectivity index (χ0) is 13.0. The third-order valence-corrected chi connectivity index (χ3v) is 2.75. The van der Waals surface area contributed by atoms with Gasteiger partial charge in [0, 0.05) is 10.7 Å². The molecule has 17 heavy (non-hydrogen) atoms. The van der Waals surface area contributed by atoms with Crippen molar-refractivity contribution < 1.29 is 4.79 Å². The van der Waals surface area contributed by atoms with E-state index in [0.717, 1.165) is 11.3 Å². The van der Waals surface area contributed by atoms with Crippen molar-refractivity contribution in [1.82, 2.24) is 0 Å². The Labute approximate surface area is 107 Å². The number of carbonyl (C=O) groups is 1. The van der Waals surface area contributed by atoms with Crippen LogP contribution in [0, 0.1) is 12.8 Å². The highest BCUT2D eigenvalue weighted by Gasteiger charge is 2.15. The minimum Gasteiger partial charge on any atom is -0.324 e. The number of rotatable bonds is 4. The number of nitrogens with two attached hydrogens (primary N) is 1. The summed E-state index contributed by atoms with van der Waals surface area (Å²) in [6, 6.07) is 4.91. The van der Waals surface area contributed by atoms with E-state index in [0.29, 0.717) is 17.4 Å². The van der Waals surface area contributed by atoms with Gasteiger partial charge in [0.15, 0.2) is 0 Å². The van der Waals surface area contributed by atoms with Gasteiger partial charge in [0.05, 0.1) is 6.04 Å². The van der Waals surface area contributed by atoms with Crippen LogP contribution in [0.2, 0.25) is 5.02 Å². The molecule has 0 radical (unpaired) electrons. The summed E-state index contributed by atoms with van der Waals surface area (Å²) in [5, 5.41) is 3.41. The Morgan fingerprint density at radius 2 is 2.12 bits per heavy atom. The summed E-state index contributed by atoms with van der Waals surface area (Å²) in [4.78, 5) is 11.8. The fourth-order valence-corrected chi connectivity index (χ4v) is 1.74. The van der Waals surface area contributed by atoms with Gasteiger partial charge >= 0.3 is 0 Å². The average Bonchev–Trinajstić information content (AvgIpc) is 2.22. The number of hydrogen-bond acceptors (Lipinski definition) is 2. The first-order valence-corrected chi connectivity index (χ1v) is 6.10. The summed E-state index contributed by atoms with van der Waals surface area (Å²) in [7, 11) is 0. The number of benzene rings is 1. The molecule has 1 aromatic carbocycles. The van der Waals surface area contributed by atoms with Crippen molar-refractivity contribution in [3.05, 3.63) is 28.8 Å². The molecule has 0 aliphatic rings. The lowest BCUT2D eigenvalue weighted by molar-refractivity contribution is -0.117. The zero-order valence-electron chi connectivity index (χ0n) is 10.5. The van der Waals surface area contributed by atoms with Gasteiger partial charge in [-0.1, -0.05) is 31.5 Å². The van der Waals surface area contributed by atoms with Crippen molar-refractivity contribution in [2.45, 2.75) is 33.2 Å². The molecule has 0 heterocycles. The van der Waals surface area contributed by atoms with Crippen molar-refractivity contribution in [2.75, 3.05) is 5.32 Å². The van der Waals surface area contributed by atoms with Gasteiger partial charge in [0.1, 0.15) is 0 Å². The second-order valence-electron chi connectivity index (χ2n) is 4.68. The van der Waals surface area contributed by atoms with Crippen LogP contribution >= 0.6 is 11.6 Å². The SMILES string of the molecule is Cc1ccc(Cl)cc1NC(=O)[C@H](N)CC(C)C. The highest BCUT2D eigenvalue weighted by atomic mass is 35.5. The molecule has 1 rings (SSSR count). The maximum Gasteiger partial charge on any atom is 0.241 e. The first kappa shape index (κ1) is 14.0. The largest absolute Gasteiger partial charge is 0.324 e. The number of aryl methyl sites for hydroxylation is 1. The molecule has 1 aromatic rings. The normalized spacial score (nSPS) is 12.6. The average molecular weight is 255 g/mol. The van der Waals surface area contributed by atoms with E-state index in [9.17, 15) is 4.79 Å². The van der Waals surface area contributed by atoms with Crippen LogP contribution in [0.4, 0.5) is 5.69 Å². The minimum atomic E-state index is -0.478. The standard InChI is InChI=1S/C13H19ClN2O/c1-8(2)6-11(15)13(17)16-12-7-10(14)5-4-9(12)3/h4-5,7-8,11H,6,15H2,1-3H3,(H,16,17)/t11-/m1/s1. The van der Waals surface area contributed by atoms with Gasteiger partial charge < -0.3 is 11.1 Å². The first-order valence-electron chi connectivity index (χ1n) is 5.72. The molecule has 0 unspecified atom stereocenters. The zero-order valence-corrected chi connectivity index (χ0v) is 11.2. The molecule has 1 atom stereocenters. The Kier molecular flexibility index (Phi) is 4.97. The summed E-state index contributed by atoms with van der Waals surface area (Å²) in [6.07, 6.45) is 0.672. The van der Waals surface area contributed by atoms with Crippen molar-refractivity contribution in [1.29, 1.82) is 0 Å². The molecule has 3 nitrogen and oxygen atoms in total. The number of carbonyl (C=O) groups excluding carboxylic acids is 1. The smallest absolute Gasteiger partial charge is 0.241 e. The number of amides is 1. The van der Waals surface area contributed by atoms with Crippen LogP contribution < -0.4 is 11.1 Å². The van der Waals surface area contributed by atoms with Crippen LogP contribution in [0.15, 0.2) is 18.2 Å². The topological polar surface area (TPSA) is 55.1 Å². The van der Waals surface area contributed by atoms with E-state index in [-0.39, 0.29) is 5.91 Å². The Balaban J connectivity index is 2.70. The van der Waals surface area contributed by atoms with Gasteiger partial charge in [-0.05, 0) is 37.0 Å². The lowest BCUT2D eigenvalue weighted by atomic mass is 10.0. The van der Waals surface area contributed by atoms with Crippen molar-refractivity contribution in [3.63, 3.8) is 0 Å². The Morgan fingerprint density at radius 3 is 2.71 bits per heavy atom. The number of hydrogen-bond donors (Lipinski definition) is 2. The quantitative estimate of drug-likeness (QED) is 0.868. The third kappa shape index (κ3) is 4.36. The molecule has 4 heteroatoms. The van der Waals surface area contributed by atoms with Crippen LogP contribution in [0.25, 0.3) is 0 Å². The predicted molar refractivity (Wildman–Crippen MR) is 72.2 cm³/mol. The summed E-state index contributed by atoms with van der Waals surface area (Å²) in [5.74, 6) is 0.236. The second kappa shape index (κ2) is 6.03. The van der Waals surface area contributed by atoms with Gasteiger partial charge in [0.2, 0.25) is 5.91 Å². The fourth-order valence-electron chi connectivity index (χ4n) is 1.57. The van der Waals surface area contributed by atoms with E-state index in [1.54, 1.807) is 12.1 Å².